The maximum Gasteiger partial charge on any atom is 0.391 e. The summed E-state index contributed by atoms with van der Waals surface area (Å²) in [7, 11) is -4.48. The molecule has 7 nitrogen and oxygen atoms in total. The van der Waals surface area contributed by atoms with E-state index >= 15 is 0 Å². The highest BCUT2D eigenvalue weighted by Crippen LogP contribution is 2.40. The number of nitrogens with one attached hydrogen (secondary N) is 2. The highest BCUT2D eigenvalue weighted by atomic mass is 32.2. The van der Waals surface area contributed by atoms with Crippen LogP contribution in [0.25, 0.3) is 0 Å². The summed E-state index contributed by atoms with van der Waals surface area (Å²) in [5.41, 5.74) is 1.56. The van der Waals surface area contributed by atoms with E-state index in [0.717, 1.165) is 22.0 Å². The summed E-state index contributed by atoms with van der Waals surface area (Å²) in [6.45, 7) is 5.01. The minimum Gasteiger partial charge on any atom is -0.353 e. The van der Waals surface area contributed by atoms with Crippen LogP contribution in [0.3, 0.4) is 0 Å². The Balaban J connectivity index is 1.69. The fourth-order valence-electron chi connectivity index (χ4n) is 5.51. The SMILES string of the molecule is Cc1cc(C)c(S(=O)(=O)N2c3cc(F)ccc3NC(=O)C2CC(=O)NC2CCCC(C(F)(F)F)C2)c(C)c1. The predicted octanol–water partition coefficient (Wildman–Crippen LogP) is 4.89. The molecule has 0 bridgehead atoms. The second kappa shape index (κ2) is 10.2. The first kappa shape index (κ1) is 27.9. The zero-order valence-corrected chi connectivity index (χ0v) is 22.0. The van der Waals surface area contributed by atoms with E-state index in [2.05, 4.69) is 10.6 Å². The van der Waals surface area contributed by atoms with Crippen LogP contribution < -0.4 is 14.9 Å². The minimum absolute atomic E-state index is 0.0233. The lowest BCUT2D eigenvalue weighted by Gasteiger charge is -2.38. The number of carbonyl (C=O) groups excluding carboxylic acids is 2. The Labute approximate surface area is 218 Å². The van der Waals surface area contributed by atoms with Gasteiger partial charge in [0.15, 0.2) is 0 Å². The van der Waals surface area contributed by atoms with Crippen LogP contribution >= 0.6 is 0 Å². The van der Waals surface area contributed by atoms with Crippen molar-refractivity contribution in [3.05, 3.63) is 52.8 Å². The number of hydrogen-bond acceptors (Lipinski definition) is 4. The summed E-state index contributed by atoms with van der Waals surface area (Å²) in [6, 6.07) is 4.25. The van der Waals surface area contributed by atoms with Gasteiger partial charge in [-0.3, -0.25) is 13.9 Å². The van der Waals surface area contributed by atoms with Gasteiger partial charge in [0.05, 0.1) is 28.6 Å². The average molecular weight is 556 g/mol. The Hall–Kier alpha value is -3.15. The second-order valence-electron chi connectivity index (χ2n) is 10.1. The van der Waals surface area contributed by atoms with E-state index in [0.29, 0.717) is 17.5 Å². The van der Waals surface area contributed by atoms with Crippen molar-refractivity contribution in [3.63, 3.8) is 0 Å². The normalized spacial score (nSPS) is 22.0. The van der Waals surface area contributed by atoms with Gasteiger partial charge in [-0.05, 0) is 63.3 Å². The molecule has 3 unspecified atom stereocenters. The molecule has 1 aliphatic heterocycles. The number of carbonyl (C=O) groups is 2. The number of rotatable bonds is 5. The summed E-state index contributed by atoms with van der Waals surface area (Å²) in [5, 5.41) is 5.08. The lowest BCUT2D eigenvalue weighted by atomic mass is 9.85. The van der Waals surface area contributed by atoms with Gasteiger partial charge < -0.3 is 10.6 Å². The van der Waals surface area contributed by atoms with Gasteiger partial charge in [-0.2, -0.15) is 13.2 Å². The van der Waals surface area contributed by atoms with Crippen molar-refractivity contribution < 1.29 is 35.6 Å². The van der Waals surface area contributed by atoms with Crippen LogP contribution in [0, 0.1) is 32.5 Å². The zero-order valence-electron chi connectivity index (χ0n) is 21.2. The Kier molecular flexibility index (Phi) is 7.48. The second-order valence-corrected chi connectivity index (χ2v) is 11.8. The van der Waals surface area contributed by atoms with Crippen LogP contribution in [-0.2, 0) is 19.6 Å². The summed E-state index contributed by atoms with van der Waals surface area (Å²) in [4.78, 5) is 26.0. The number of hydrogen-bond donors (Lipinski definition) is 2. The van der Waals surface area contributed by atoms with Gasteiger partial charge in [-0.1, -0.05) is 24.1 Å². The first-order valence-corrected chi connectivity index (χ1v) is 13.7. The molecule has 2 aromatic rings. The monoisotopic (exact) mass is 555 g/mol. The molecule has 2 N–H and O–H groups in total. The van der Waals surface area contributed by atoms with Crippen LogP contribution in [0.4, 0.5) is 28.9 Å². The van der Waals surface area contributed by atoms with Crippen LogP contribution in [0.15, 0.2) is 35.2 Å². The molecule has 0 radical (unpaired) electrons. The molecule has 12 heteroatoms. The number of benzene rings is 2. The maximum absolute atomic E-state index is 14.3. The largest absolute Gasteiger partial charge is 0.391 e. The Morgan fingerprint density at radius 3 is 2.39 bits per heavy atom. The fourth-order valence-corrected chi connectivity index (χ4v) is 7.55. The fraction of sp³-hybridized carbons (Fsp3) is 0.462. The molecule has 2 aliphatic rings. The molecule has 38 heavy (non-hydrogen) atoms. The standard InChI is InChI=1S/C26H29F4N3O4S/c1-14-9-15(2)24(16(3)10-14)38(36,37)33-21-12-18(27)7-8-20(21)32-25(35)22(33)13-23(34)31-19-6-4-5-17(11-19)26(28,29)30/h7-10,12,17,19,22H,4-6,11,13H2,1-3H3,(H,31,34)(H,32,35). The first-order valence-electron chi connectivity index (χ1n) is 12.3. The summed E-state index contributed by atoms with van der Waals surface area (Å²) in [6.07, 6.45) is -4.73. The van der Waals surface area contributed by atoms with E-state index in [1.165, 1.54) is 6.07 Å². The lowest BCUT2D eigenvalue weighted by molar-refractivity contribution is -0.184. The van der Waals surface area contributed by atoms with Gasteiger partial charge >= 0.3 is 6.18 Å². The van der Waals surface area contributed by atoms with Crippen molar-refractivity contribution in [1.82, 2.24) is 5.32 Å². The number of amides is 2. The maximum atomic E-state index is 14.3. The Morgan fingerprint density at radius 1 is 1.11 bits per heavy atom. The van der Waals surface area contributed by atoms with Gasteiger partial charge in [0, 0.05) is 12.1 Å². The molecule has 1 aliphatic carbocycles. The van der Waals surface area contributed by atoms with Gasteiger partial charge in [0.25, 0.3) is 10.0 Å². The van der Waals surface area contributed by atoms with Crippen molar-refractivity contribution in [1.29, 1.82) is 0 Å². The van der Waals surface area contributed by atoms with Gasteiger partial charge in [-0.25, -0.2) is 12.8 Å². The molecular formula is C26H29F4N3O4S. The van der Waals surface area contributed by atoms with E-state index in [1.54, 1.807) is 32.9 Å². The van der Waals surface area contributed by atoms with Gasteiger partial charge in [0.1, 0.15) is 11.9 Å². The van der Waals surface area contributed by atoms with Crippen molar-refractivity contribution in [3.8, 4) is 0 Å². The van der Waals surface area contributed by atoms with Crippen LogP contribution in [0.5, 0.6) is 0 Å². The average Bonchev–Trinajstić information content (AvgIpc) is 2.78. The van der Waals surface area contributed by atoms with Gasteiger partial charge in [-0.15, -0.1) is 0 Å². The molecule has 2 amide bonds. The number of sulfonamides is 1. The van der Waals surface area contributed by atoms with E-state index in [4.69, 9.17) is 0 Å². The summed E-state index contributed by atoms with van der Waals surface area (Å²) >= 11 is 0. The van der Waals surface area contributed by atoms with Crippen molar-refractivity contribution >= 4 is 33.2 Å². The smallest absolute Gasteiger partial charge is 0.353 e. The molecule has 206 valence electrons. The van der Waals surface area contributed by atoms with Crippen molar-refractivity contribution in [2.75, 3.05) is 9.62 Å². The third-order valence-corrected chi connectivity index (χ3v) is 9.17. The number of nitrogens with zero attached hydrogens (tertiary/aromatic N) is 1. The Morgan fingerprint density at radius 2 is 1.76 bits per heavy atom. The number of alkyl halides is 3. The van der Waals surface area contributed by atoms with Crippen LogP contribution in [0.2, 0.25) is 0 Å². The number of aryl methyl sites for hydroxylation is 3. The number of anilines is 2. The highest BCUT2D eigenvalue weighted by Gasteiger charge is 2.45. The third kappa shape index (κ3) is 5.50. The molecule has 0 saturated heterocycles. The van der Waals surface area contributed by atoms with E-state index in [-0.39, 0.29) is 35.5 Å². The molecule has 1 fully saturated rings. The van der Waals surface area contributed by atoms with E-state index < -0.39 is 58.3 Å². The molecule has 1 saturated carbocycles. The molecular weight excluding hydrogens is 526 g/mol. The van der Waals surface area contributed by atoms with Crippen molar-refractivity contribution in [2.45, 2.75) is 76.0 Å². The molecule has 0 aromatic heterocycles. The number of fused-ring (bicyclic) bond motifs is 1. The van der Waals surface area contributed by atoms with E-state index in [9.17, 15) is 35.6 Å². The predicted molar refractivity (Wildman–Crippen MR) is 134 cm³/mol. The number of halogens is 4. The minimum atomic E-state index is -4.48. The topological polar surface area (TPSA) is 95.6 Å². The molecule has 1 heterocycles. The lowest BCUT2D eigenvalue weighted by Crippen LogP contribution is -2.53. The van der Waals surface area contributed by atoms with Crippen LogP contribution in [-0.4, -0.2) is 38.5 Å². The first-order chi connectivity index (χ1) is 17.7. The zero-order chi connectivity index (χ0) is 28.0. The van der Waals surface area contributed by atoms with E-state index in [1.807, 2.05) is 0 Å². The molecule has 2 aromatic carbocycles. The summed E-state index contributed by atoms with van der Waals surface area (Å²) < 4.78 is 82.8. The molecule has 3 atom stereocenters. The highest BCUT2D eigenvalue weighted by molar-refractivity contribution is 7.93. The van der Waals surface area contributed by atoms with Crippen molar-refractivity contribution in [2.24, 2.45) is 5.92 Å². The molecule has 0 spiro atoms. The third-order valence-electron chi connectivity index (χ3n) is 7.04. The summed E-state index contributed by atoms with van der Waals surface area (Å²) in [5.74, 6) is -3.86. The quantitative estimate of drug-likeness (QED) is 0.514. The Bertz CT molecular complexity index is 1350. The van der Waals surface area contributed by atoms with Crippen LogP contribution in [0.1, 0.15) is 48.8 Å². The molecule has 4 rings (SSSR count). The van der Waals surface area contributed by atoms with Gasteiger partial charge in [0.2, 0.25) is 11.8 Å².